The molecule has 1 amide bonds. The van der Waals surface area contributed by atoms with Crippen LogP contribution in [-0.4, -0.2) is 66.6 Å². The highest BCUT2D eigenvalue weighted by Gasteiger charge is 2.27. The first kappa shape index (κ1) is 23.1. The molecular formula is C24H29NO7. The quantitative estimate of drug-likeness (QED) is 0.616. The average Bonchev–Trinajstić information content (AvgIpc) is 2.86. The Bertz CT molecular complexity index is 991. The van der Waals surface area contributed by atoms with Crippen molar-refractivity contribution in [2.75, 3.05) is 55.7 Å². The van der Waals surface area contributed by atoms with Gasteiger partial charge in [-0.1, -0.05) is 6.08 Å². The molecule has 1 heterocycles. The van der Waals surface area contributed by atoms with Crippen LogP contribution in [0.15, 0.2) is 30.3 Å². The largest absolute Gasteiger partial charge is 0.496 e. The van der Waals surface area contributed by atoms with Gasteiger partial charge in [-0.3, -0.25) is 4.79 Å². The summed E-state index contributed by atoms with van der Waals surface area (Å²) < 4.78 is 32.7. The van der Waals surface area contributed by atoms with Crippen LogP contribution in [0.4, 0.5) is 0 Å². The molecule has 0 aromatic heterocycles. The van der Waals surface area contributed by atoms with E-state index in [1.807, 2.05) is 18.2 Å². The second kappa shape index (κ2) is 10.2. The van der Waals surface area contributed by atoms with Crippen molar-refractivity contribution in [3.05, 3.63) is 41.5 Å². The molecule has 32 heavy (non-hydrogen) atoms. The van der Waals surface area contributed by atoms with E-state index in [-0.39, 0.29) is 5.91 Å². The molecule has 1 aliphatic rings. The second-order valence-corrected chi connectivity index (χ2v) is 7.02. The van der Waals surface area contributed by atoms with E-state index in [4.69, 9.17) is 28.4 Å². The Kier molecular flexibility index (Phi) is 7.35. The van der Waals surface area contributed by atoms with E-state index >= 15 is 0 Å². The molecule has 0 aliphatic carbocycles. The Labute approximate surface area is 188 Å². The Balaban J connectivity index is 1.90. The molecule has 0 saturated carbocycles. The number of ether oxygens (including phenoxy) is 6. The van der Waals surface area contributed by atoms with Gasteiger partial charge in [-0.2, -0.15) is 0 Å². The summed E-state index contributed by atoms with van der Waals surface area (Å²) in [6.07, 6.45) is 2.65. The van der Waals surface area contributed by atoms with Crippen LogP contribution in [0, 0.1) is 0 Å². The van der Waals surface area contributed by atoms with E-state index in [0.29, 0.717) is 59.6 Å². The zero-order valence-electron chi connectivity index (χ0n) is 19.3. The molecule has 0 bridgehead atoms. The summed E-state index contributed by atoms with van der Waals surface area (Å²) >= 11 is 0. The number of methoxy groups -OCH3 is 6. The molecule has 0 atom stereocenters. The van der Waals surface area contributed by atoms with E-state index in [2.05, 4.69) is 0 Å². The van der Waals surface area contributed by atoms with E-state index in [0.717, 1.165) is 11.1 Å². The van der Waals surface area contributed by atoms with Gasteiger partial charge in [0.15, 0.2) is 11.5 Å². The van der Waals surface area contributed by atoms with Gasteiger partial charge in [0.05, 0.1) is 53.8 Å². The fourth-order valence-electron chi connectivity index (χ4n) is 3.84. The molecule has 172 valence electrons. The standard InChI is InChI=1S/C24H29NO7/c1-27-16-13-19(29-3)21(20(14-16)30-4)15-9-11-25(12-10-15)24(26)17-7-8-18(28-2)23(32-6)22(17)31-5/h7-9,13-14H,10-12H2,1-6H3. The molecule has 0 N–H and O–H groups in total. The molecule has 8 heteroatoms. The fourth-order valence-corrected chi connectivity index (χ4v) is 3.84. The van der Waals surface area contributed by atoms with E-state index in [9.17, 15) is 4.79 Å². The molecule has 0 saturated heterocycles. The summed E-state index contributed by atoms with van der Waals surface area (Å²) in [5, 5.41) is 0. The first-order valence-electron chi connectivity index (χ1n) is 10.1. The molecule has 2 aromatic rings. The van der Waals surface area contributed by atoms with Crippen molar-refractivity contribution in [3.8, 4) is 34.5 Å². The average molecular weight is 443 g/mol. The molecule has 0 unspecified atom stereocenters. The van der Waals surface area contributed by atoms with Crippen molar-refractivity contribution in [3.63, 3.8) is 0 Å². The number of hydrogen-bond donors (Lipinski definition) is 0. The van der Waals surface area contributed by atoms with Gasteiger partial charge in [0.25, 0.3) is 5.91 Å². The lowest BCUT2D eigenvalue weighted by molar-refractivity contribution is 0.0768. The third-order valence-electron chi connectivity index (χ3n) is 5.47. The summed E-state index contributed by atoms with van der Waals surface area (Å²) in [6, 6.07) is 7.04. The van der Waals surface area contributed by atoms with Crippen molar-refractivity contribution >= 4 is 11.5 Å². The molecule has 3 rings (SSSR count). The fraction of sp³-hybridized carbons (Fsp3) is 0.375. The van der Waals surface area contributed by atoms with Gasteiger partial charge >= 0.3 is 0 Å². The van der Waals surface area contributed by atoms with E-state index in [1.165, 1.54) is 21.3 Å². The lowest BCUT2D eigenvalue weighted by Crippen LogP contribution is -2.35. The number of hydrogen-bond acceptors (Lipinski definition) is 7. The SMILES string of the molecule is COc1cc(OC)c(C2=CCN(C(=O)c3ccc(OC)c(OC)c3OC)CC2)c(OC)c1. The first-order chi connectivity index (χ1) is 15.5. The van der Waals surface area contributed by atoms with Gasteiger partial charge in [-0.25, -0.2) is 0 Å². The van der Waals surface area contributed by atoms with Crippen molar-refractivity contribution in [1.82, 2.24) is 4.90 Å². The van der Waals surface area contributed by atoms with Crippen LogP contribution in [0.2, 0.25) is 0 Å². The number of carbonyl (C=O) groups excluding carboxylic acids is 1. The maximum absolute atomic E-state index is 13.3. The number of carbonyl (C=O) groups is 1. The number of nitrogens with zero attached hydrogens (tertiary/aromatic N) is 1. The van der Waals surface area contributed by atoms with Crippen molar-refractivity contribution in [2.45, 2.75) is 6.42 Å². The third-order valence-corrected chi connectivity index (χ3v) is 5.47. The summed E-state index contributed by atoms with van der Waals surface area (Å²) in [5.41, 5.74) is 2.33. The van der Waals surface area contributed by atoms with Crippen LogP contribution in [0.25, 0.3) is 5.57 Å². The summed E-state index contributed by atoms with van der Waals surface area (Å²) in [6.45, 7) is 0.963. The van der Waals surface area contributed by atoms with E-state index in [1.54, 1.807) is 38.4 Å². The van der Waals surface area contributed by atoms with Gasteiger partial charge in [0.2, 0.25) is 5.75 Å². The number of benzene rings is 2. The summed E-state index contributed by atoms with van der Waals surface area (Å²) in [4.78, 5) is 15.0. The second-order valence-electron chi connectivity index (χ2n) is 7.02. The van der Waals surface area contributed by atoms with Gasteiger partial charge in [-0.05, 0) is 24.1 Å². The monoisotopic (exact) mass is 443 g/mol. The van der Waals surface area contributed by atoms with Crippen LogP contribution in [-0.2, 0) is 0 Å². The molecule has 2 aromatic carbocycles. The molecule has 1 aliphatic heterocycles. The minimum atomic E-state index is -0.147. The van der Waals surface area contributed by atoms with Gasteiger partial charge in [0, 0.05) is 25.2 Å². The molecule has 0 fully saturated rings. The minimum Gasteiger partial charge on any atom is -0.496 e. The Hall–Kier alpha value is -3.55. The predicted molar refractivity (Wildman–Crippen MR) is 121 cm³/mol. The minimum absolute atomic E-state index is 0.147. The van der Waals surface area contributed by atoms with Gasteiger partial charge in [0.1, 0.15) is 17.2 Å². The van der Waals surface area contributed by atoms with Crippen molar-refractivity contribution in [1.29, 1.82) is 0 Å². The molecule has 0 spiro atoms. The lowest BCUT2D eigenvalue weighted by Gasteiger charge is -2.28. The predicted octanol–water partition coefficient (Wildman–Crippen LogP) is 3.67. The Morgan fingerprint density at radius 3 is 1.88 bits per heavy atom. The summed E-state index contributed by atoms with van der Waals surface area (Å²) in [5.74, 6) is 3.07. The highest BCUT2D eigenvalue weighted by Crippen LogP contribution is 2.42. The highest BCUT2D eigenvalue weighted by atomic mass is 16.5. The highest BCUT2D eigenvalue weighted by molar-refractivity contribution is 5.99. The topological polar surface area (TPSA) is 75.7 Å². The smallest absolute Gasteiger partial charge is 0.258 e. The van der Waals surface area contributed by atoms with Crippen LogP contribution in [0.1, 0.15) is 22.3 Å². The van der Waals surface area contributed by atoms with Gasteiger partial charge < -0.3 is 33.3 Å². The van der Waals surface area contributed by atoms with Crippen molar-refractivity contribution in [2.24, 2.45) is 0 Å². The maximum atomic E-state index is 13.3. The molecule has 8 nitrogen and oxygen atoms in total. The van der Waals surface area contributed by atoms with Crippen LogP contribution >= 0.6 is 0 Å². The van der Waals surface area contributed by atoms with E-state index < -0.39 is 0 Å². The Morgan fingerprint density at radius 1 is 0.781 bits per heavy atom. The zero-order chi connectivity index (χ0) is 23.3. The first-order valence-corrected chi connectivity index (χ1v) is 10.1. The van der Waals surface area contributed by atoms with Crippen LogP contribution in [0.3, 0.4) is 0 Å². The van der Waals surface area contributed by atoms with Gasteiger partial charge in [-0.15, -0.1) is 0 Å². The van der Waals surface area contributed by atoms with Crippen LogP contribution < -0.4 is 28.4 Å². The number of amides is 1. The number of rotatable bonds is 8. The normalized spacial score (nSPS) is 13.2. The lowest BCUT2D eigenvalue weighted by atomic mass is 9.96. The molecule has 0 radical (unpaired) electrons. The zero-order valence-corrected chi connectivity index (χ0v) is 19.3. The summed E-state index contributed by atoms with van der Waals surface area (Å²) in [7, 11) is 9.38. The van der Waals surface area contributed by atoms with Crippen molar-refractivity contribution < 1.29 is 33.2 Å². The molecular weight excluding hydrogens is 414 g/mol. The third kappa shape index (κ3) is 4.26. The van der Waals surface area contributed by atoms with Crippen LogP contribution in [0.5, 0.6) is 34.5 Å². The maximum Gasteiger partial charge on any atom is 0.258 e. The Morgan fingerprint density at radius 2 is 1.41 bits per heavy atom.